The molecule has 0 aliphatic carbocycles. The number of nitrogens with zero attached hydrogens (tertiary/aromatic N) is 3. The van der Waals surface area contributed by atoms with Crippen LogP contribution in [0.2, 0.25) is 0 Å². The van der Waals surface area contributed by atoms with Crippen LogP contribution in [0.1, 0.15) is 17.7 Å². The van der Waals surface area contributed by atoms with E-state index in [0.29, 0.717) is 12.8 Å². The molecule has 178 valence electrons. The van der Waals surface area contributed by atoms with Crippen molar-refractivity contribution in [3.63, 3.8) is 0 Å². The summed E-state index contributed by atoms with van der Waals surface area (Å²) in [5, 5.41) is 10.8. The third-order valence-corrected chi connectivity index (χ3v) is 9.78. The minimum atomic E-state index is -4.53. The van der Waals surface area contributed by atoms with Gasteiger partial charge in [0.25, 0.3) is 0 Å². The minimum Gasteiger partial charge on any atom is -0.508 e. The average molecular weight is 501 g/mol. The summed E-state index contributed by atoms with van der Waals surface area (Å²) in [7, 11) is -8.40. The summed E-state index contributed by atoms with van der Waals surface area (Å²) in [4.78, 5) is 36.5. The summed E-state index contributed by atoms with van der Waals surface area (Å²) in [5.41, 5.74) is 5.11. The second-order valence-corrected chi connectivity index (χ2v) is 12.9. The molecule has 4 N–H and O–H groups in total. The lowest BCUT2D eigenvalue weighted by Gasteiger charge is -2.12. The Labute approximate surface area is 196 Å². The van der Waals surface area contributed by atoms with Gasteiger partial charge >= 0.3 is 7.60 Å². The Morgan fingerprint density at radius 2 is 1.74 bits per heavy atom. The summed E-state index contributed by atoms with van der Waals surface area (Å²) in [5.74, 6) is -0.812. The number of hydrogen-bond donors (Lipinski definition) is 4. The van der Waals surface area contributed by atoms with Gasteiger partial charge in [-0.05, 0) is 55.2 Å². The summed E-state index contributed by atoms with van der Waals surface area (Å²) in [6.45, 7) is 1.91. The van der Waals surface area contributed by atoms with Crippen molar-refractivity contribution >= 4 is 26.0 Å². The number of hydrogen-bond acceptors (Lipinski definition) is 5. The molecule has 4 rings (SSSR count). The van der Waals surface area contributed by atoms with Gasteiger partial charge < -0.3 is 24.4 Å². The van der Waals surface area contributed by atoms with Crippen LogP contribution < -0.4 is 0 Å². The van der Waals surface area contributed by atoms with Gasteiger partial charge in [0.15, 0.2) is 0 Å². The monoisotopic (exact) mass is 501 g/mol. The Hall–Kier alpha value is -2.80. The first-order valence-corrected chi connectivity index (χ1v) is 14.4. The molecular weight excluding hydrogens is 476 g/mol. The molecular formula is C23H25N3O6P2. The third-order valence-electron chi connectivity index (χ3n) is 5.52. The highest BCUT2D eigenvalue weighted by atomic mass is 31.2. The van der Waals surface area contributed by atoms with Crippen LogP contribution in [-0.4, -0.2) is 46.4 Å². The zero-order valence-corrected chi connectivity index (χ0v) is 20.2. The lowest BCUT2D eigenvalue weighted by molar-refractivity contribution is 0.375. The second kappa shape index (κ2) is 9.45. The van der Waals surface area contributed by atoms with E-state index in [1.54, 1.807) is 18.2 Å². The molecule has 2 aromatic carbocycles. The molecule has 1 atom stereocenters. The quantitative estimate of drug-likeness (QED) is 0.259. The molecule has 0 saturated heterocycles. The van der Waals surface area contributed by atoms with Gasteiger partial charge in [-0.2, -0.15) is 0 Å². The second-order valence-electron chi connectivity index (χ2n) is 8.27. The number of benzene rings is 2. The van der Waals surface area contributed by atoms with Crippen LogP contribution in [0.15, 0.2) is 61.1 Å². The molecule has 11 heteroatoms. The molecule has 0 fully saturated rings. The van der Waals surface area contributed by atoms with E-state index >= 15 is 0 Å². The van der Waals surface area contributed by atoms with Crippen molar-refractivity contribution in [2.24, 2.45) is 0 Å². The smallest absolute Gasteiger partial charge is 0.335 e. The molecule has 2 aromatic heterocycles. The van der Waals surface area contributed by atoms with Crippen molar-refractivity contribution in [2.45, 2.75) is 19.8 Å². The highest BCUT2D eigenvalue weighted by Gasteiger charge is 2.28. The average Bonchev–Trinajstić information content (AvgIpc) is 3.13. The largest absolute Gasteiger partial charge is 0.508 e. The predicted octanol–water partition coefficient (Wildman–Crippen LogP) is 4.44. The number of phenolic OH excluding ortho intramolecular Hbond substituents is 1. The first kappa shape index (κ1) is 24.3. The SMILES string of the molecule is Cc1ncnc2c1c(-c1cccc(O)c1)cn2-c1ccc(CCCP(=O)(O)CP(=O)(O)O)cc1. The van der Waals surface area contributed by atoms with Crippen molar-refractivity contribution in [3.8, 4) is 22.6 Å². The fourth-order valence-electron chi connectivity index (χ4n) is 4.02. The zero-order chi connectivity index (χ0) is 24.5. The molecule has 9 nitrogen and oxygen atoms in total. The lowest BCUT2D eigenvalue weighted by atomic mass is 10.0. The standard InChI is InChI=1S/C23H25N3O6P2/c1-16-22-21(18-5-2-6-20(27)12-18)13-26(23(22)25-14-24-16)19-9-7-17(8-10-19)4-3-11-33(28,29)15-34(30,31)32/h2,5-10,12-14,27H,3-4,11,15H2,1H3,(H,28,29)(H2,30,31,32). The number of rotatable bonds is 8. The van der Waals surface area contributed by atoms with Crippen molar-refractivity contribution in [1.82, 2.24) is 14.5 Å². The van der Waals surface area contributed by atoms with Gasteiger partial charge in [-0.15, -0.1) is 0 Å². The van der Waals surface area contributed by atoms with Crippen LogP contribution in [0.5, 0.6) is 5.75 Å². The van der Waals surface area contributed by atoms with E-state index < -0.39 is 20.9 Å². The van der Waals surface area contributed by atoms with Crippen molar-refractivity contribution in [2.75, 3.05) is 12.1 Å². The molecule has 0 saturated carbocycles. The molecule has 1 unspecified atom stereocenters. The molecule has 0 aliphatic rings. The third kappa shape index (κ3) is 5.63. The normalized spacial score (nSPS) is 13.8. The number of aromatic nitrogens is 3. The van der Waals surface area contributed by atoms with Crippen LogP contribution in [0.4, 0.5) is 0 Å². The highest BCUT2D eigenvalue weighted by molar-refractivity contribution is 7.72. The fourth-order valence-corrected chi connectivity index (χ4v) is 7.54. The molecule has 34 heavy (non-hydrogen) atoms. The van der Waals surface area contributed by atoms with Gasteiger partial charge in [0.1, 0.15) is 23.6 Å². The van der Waals surface area contributed by atoms with Gasteiger partial charge in [-0.25, -0.2) is 9.97 Å². The van der Waals surface area contributed by atoms with Gasteiger partial charge in [-0.1, -0.05) is 24.3 Å². The van der Waals surface area contributed by atoms with Crippen molar-refractivity contribution in [1.29, 1.82) is 0 Å². The Morgan fingerprint density at radius 1 is 1.00 bits per heavy atom. The van der Waals surface area contributed by atoms with Crippen molar-refractivity contribution < 1.29 is 28.9 Å². The first-order valence-electron chi connectivity index (χ1n) is 10.6. The molecule has 0 spiro atoms. The Morgan fingerprint density at radius 3 is 2.41 bits per heavy atom. The number of aromatic hydroxyl groups is 1. The maximum absolute atomic E-state index is 12.0. The van der Waals surface area contributed by atoms with E-state index in [4.69, 9.17) is 9.79 Å². The molecule has 0 amide bonds. The van der Waals surface area contributed by atoms with E-state index in [2.05, 4.69) is 9.97 Å². The Balaban J connectivity index is 1.58. The molecule has 0 radical (unpaired) electrons. The first-order chi connectivity index (χ1) is 16.0. The van der Waals surface area contributed by atoms with Crippen LogP contribution in [-0.2, 0) is 15.6 Å². The summed E-state index contributed by atoms with van der Waals surface area (Å²) < 4.78 is 25.0. The Kier molecular flexibility index (Phi) is 6.76. The fraction of sp³-hybridized carbons (Fsp3) is 0.217. The summed E-state index contributed by atoms with van der Waals surface area (Å²) in [6, 6.07) is 14.7. The number of aryl methyl sites for hydroxylation is 2. The Bertz CT molecular complexity index is 1430. The topological polar surface area (TPSA) is 146 Å². The molecule has 4 aromatic rings. The number of fused-ring (bicyclic) bond motifs is 1. The van der Waals surface area contributed by atoms with E-state index in [9.17, 15) is 19.1 Å². The van der Waals surface area contributed by atoms with Crippen LogP contribution in [0, 0.1) is 6.92 Å². The van der Waals surface area contributed by atoms with Crippen LogP contribution >= 0.6 is 15.0 Å². The molecule has 0 aliphatic heterocycles. The number of phenols is 1. The van der Waals surface area contributed by atoms with Gasteiger partial charge in [0.2, 0.25) is 7.37 Å². The predicted molar refractivity (Wildman–Crippen MR) is 131 cm³/mol. The van der Waals surface area contributed by atoms with Crippen molar-refractivity contribution in [3.05, 3.63) is 72.3 Å². The maximum Gasteiger partial charge on any atom is 0.335 e. The summed E-state index contributed by atoms with van der Waals surface area (Å²) in [6.07, 6.45) is 4.17. The van der Waals surface area contributed by atoms with Gasteiger partial charge in [-0.3, -0.25) is 9.13 Å². The van der Waals surface area contributed by atoms with E-state index in [1.807, 2.05) is 48.0 Å². The minimum absolute atomic E-state index is 0.147. The van der Waals surface area contributed by atoms with E-state index in [-0.39, 0.29) is 11.9 Å². The van der Waals surface area contributed by atoms with Gasteiger partial charge in [0.05, 0.1) is 5.69 Å². The van der Waals surface area contributed by atoms with E-state index in [0.717, 1.165) is 39.1 Å². The summed E-state index contributed by atoms with van der Waals surface area (Å²) >= 11 is 0. The zero-order valence-electron chi connectivity index (χ0n) is 18.4. The molecule has 2 heterocycles. The highest BCUT2D eigenvalue weighted by Crippen LogP contribution is 2.54. The van der Waals surface area contributed by atoms with E-state index in [1.165, 1.54) is 6.33 Å². The molecule has 0 bridgehead atoms. The lowest BCUT2D eigenvalue weighted by Crippen LogP contribution is -1.99. The maximum atomic E-state index is 12.0. The van der Waals surface area contributed by atoms with Crippen LogP contribution in [0.25, 0.3) is 27.8 Å². The van der Waals surface area contributed by atoms with Gasteiger partial charge in [0, 0.05) is 29.0 Å². The van der Waals surface area contributed by atoms with Crippen LogP contribution in [0.3, 0.4) is 0 Å².